The number of hydrogen-bond acceptors (Lipinski definition) is 4. The molecule has 0 saturated carbocycles. The summed E-state index contributed by atoms with van der Waals surface area (Å²) in [6.45, 7) is -0.320. The number of esters is 1. The summed E-state index contributed by atoms with van der Waals surface area (Å²) < 4.78 is 3.14. The van der Waals surface area contributed by atoms with E-state index in [9.17, 15) is 4.79 Å². The minimum atomic E-state index is -1.62. The topological polar surface area (TPSA) is 52.3 Å². The van der Waals surface area contributed by atoms with E-state index in [0.717, 1.165) is 4.90 Å². The normalized spacial score (nSPS) is 13.2. The third-order valence-electron chi connectivity index (χ3n) is 1.62. The number of rotatable bonds is 4. The van der Waals surface area contributed by atoms with Gasteiger partial charge in [-0.25, -0.2) is 4.79 Å². The standard InChI is InChI=1S/C10H10Cl3NO2S/c11-10(12,13)6-16-9(15)8(14)17-7-4-2-1-3-5-7/h1-5,8H,6,14H2. The molecule has 0 amide bonds. The summed E-state index contributed by atoms with van der Waals surface area (Å²) in [4.78, 5) is 12.3. The van der Waals surface area contributed by atoms with Crippen LogP contribution in [0.3, 0.4) is 0 Å². The number of carbonyl (C=O) groups excluding carboxylic acids is 1. The first-order chi connectivity index (χ1) is 7.88. The second kappa shape index (κ2) is 6.71. The lowest BCUT2D eigenvalue weighted by molar-refractivity contribution is -0.142. The van der Waals surface area contributed by atoms with Crippen LogP contribution in [0.4, 0.5) is 0 Å². The summed E-state index contributed by atoms with van der Waals surface area (Å²) in [7, 11) is 0. The zero-order chi connectivity index (χ0) is 12.9. The number of hydrogen-bond donors (Lipinski definition) is 1. The molecular weight excluding hydrogens is 305 g/mol. The lowest BCUT2D eigenvalue weighted by atomic mass is 10.4. The van der Waals surface area contributed by atoms with Gasteiger partial charge in [0.15, 0.2) is 5.37 Å². The molecule has 0 aliphatic rings. The summed E-state index contributed by atoms with van der Waals surface area (Å²) in [6.07, 6.45) is 0. The minimum absolute atomic E-state index is 0.320. The van der Waals surface area contributed by atoms with Crippen LogP contribution in [0.25, 0.3) is 0 Å². The third-order valence-corrected chi connectivity index (χ3v) is 2.93. The van der Waals surface area contributed by atoms with Crippen LogP contribution in [0.1, 0.15) is 0 Å². The molecule has 0 aromatic heterocycles. The molecule has 1 unspecified atom stereocenters. The first kappa shape index (κ1) is 14.9. The highest BCUT2D eigenvalue weighted by Gasteiger charge is 2.24. The zero-order valence-electron chi connectivity index (χ0n) is 8.61. The number of carbonyl (C=O) groups is 1. The molecule has 3 nitrogen and oxygen atoms in total. The monoisotopic (exact) mass is 313 g/mol. The van der Waals surface area contributed by atoms with E-state index in [1.54, 1.807) is 0 Å². The van der Waals surface area contributed by atoms with Crippen molar-refractivity contribution in [3.63, 3.8) is 0 Å². The molecule has 1 rings (SSSR count). The lowest BCUT2D eigenvalue weighted by Crippen LogP contribution is -2.31. The Bertz CT molecular complexity index is 370. The van der Waals surface area contributed by atoms with Crippen LogP contribution in [-0.2, 0) is 9.53 Å². The number of halogens is 3. The van der Waals surface area contributed by atoms with E-state index in [4.69, 9.17) is 45.3 Å². The van der Waals surface area contributed by atoms with Gasteiger partial charge in [0.25, 0.3) is 0 Å². The lowest BCUT2D eigenvalue weighted by Gasteiger charge is -2.14. The quantitative estimate of drug-likeness (QED) is 0.402. The van der Waals surface area contributed by atoms with Crippen molar-refractivity contribution in [3.8, 4) is 0 Å². The fourth-order valence-electron chi connectivity index (χ4n) is 0.929. The van der Waals surface area contributed by atoms with Gasteiger partial charge >= 0.3 is 5.97 Å². The fourth-order valence-corrected chi connectivity index (χ4v) is 1.86. The van der Waals surface area contributed by atoms with Crippen LogP contribution in [0.2, 0.25) is 0 Å². The number of alkyl halides is 3. The van der Waals surface area contributed by atoms with Crippen molar-refractivity contribution in [2.75, 3.05) is 6.61 Å². The molecular formula is C10H10Cl3NO2S. The Kier molecular flexibility index (Phi) is 5.89. The Morgan fingerprint density at radius 3 is 2.47 bits per heavy atom. The number of nitrogens with two attached hydrogens (primary N) is 1. The van der Waals surface area contributed by atoms with Crippen molar-refractivity contribution in [1.82, 2.24) is 0 Å². The predicted octanol–water partition coefficient (Wildman–Crippen LogP) is 2.98. The molecule has 1 atom stereocenters. The minimum Gasteiger partial charge on any atom is -0.459 e. The fraction of sp³-hybridized carbons (Fsp3) is 0.300. The Hall–Kier alpha value is -0.130. The highest BCUT2D eigenvalue weighted by molar-refractivity contribution is 8.00. The van der Waals surface area contributed by atoms with Gasteiger partial charge in [-0.2, -0.15) is 0 Å². The van der Waals surface area contributed by atoms with E-state index < -0.39 is 15.1 Å². The van der Waals surface area contributed by atoms with Gasteiger partial charge in [-0.15, -0.1) is 0 Å². The molecule has 1 aromatic carbocycles. The third kappa shape index (κ3) is 6.38. The maximum Gasteiger partial charge on any atom is 0.333 e. The first-order valence-corrected chi connectivity index (χ1v) is 6.60. The van der Waals surface area contributed by atoms with Crippen LogP contribution >= 0.6 is 46.6 Å². The zero-order valence-corrected chi connectivity index (χ0v) is 11.7. The molecule has 0 radical (unpaired) electrons. The summed E-state index contributed by atoms with van der Waals surface area (Å²) in [5, 5.41) is -0.843. The van der Waals surface area contributed by atoms with Crippen LogP contribution in [0.5, 0.6) is 0 Å². The Morgan fingerprint density at radius 1 is 1.35 bits per heavy atom. The Labute approximate surface area is 119 Å². The first-order valence-electron chi connectivity index (χ1n) is 4.59. The maximum atomic E-state index is 11.5. The van der Waals surface area contributed by atoms with Crippen LogP contribution in [0, 0.1) is 0 Å². The van der Waals surface area contributed by atoms with E-state index in [-0.39, 0.29) is 6.61 Å². The van der Waals surface area contributed by atoms with E-state index in [1.165, 1.54) is 11.8 Å². The Morgan fingerprint density at radius 2 is 1.94 bits per heavy atom. The molecule has 0 aliphatic heterocycles. The average Bonchev–Trinajstić information content (AvgIpc) is 2.26. The summed E-state index contributed by atoms with van der Waals surface area (Å²) in [6, 6.07) is 9.25. The van der Waals surface area contributed by atoms with E-state index >= 15 is 0 Å². The molecule has 1 aromatic rings. The number of ether oxygens (including phenoxy) is 1. The molecule has 0 heterocycles. The average molecular weight is 315 g/mol. The molecule has 0 spiro atoms. The molecule has 0 saturated heterocycles. The SMILES string of the molecule is NC(Sc1ccccc1)C(=O)OCC(Cl)(Cl)Cl. The van der Waals surface area contributed by atoms with Crippen molar-refractivity contribution in [2.24, 2.45) is 5.73 Å². The van der Waals surface area contributed by atoms with Gasteiger partial charge in [0.2, 0.25) is 3.79 Å². The van der Waals surface area contributed by atoms with Crippen molar-refractivity contribution < 1.29 is 9.53 Å². The van der Waals surface area contributed by atoms with Gasteiger partial charge in [-0.1, -0.05) is 64.8 Å². The maximum absolute atomic E-state index is 11.5. The second-order valence-corrected chi connectivity index (χ2v) is 6.81. The van der Waals surface area contributed by atoms with Crippen LogP contribution < -0.4 is 5.73 Å². The molecule has 7 heteroatoms. The second-order valence-electron chi connectivity index (χ2n) is 3.07. The van der Waals surface area contributed by atoms with Gasteiger partial charge in [-0.3, -0.25) is 0 Å². The molecule has 94 valence electrons. The number of thioether (sulfide) groups is 1. The van der Waals surface area contributed by atoms with Crippen molar-refractivity contribution in [2.45, 2.75) is 14.1 Å². The van der Waals surface area contributed by atoms with Crippen molar-refractivity contribution in [1.29, 1.82) is 0 Å². The predicted molar refractivity (Wildman–Crippen MR) is 71.5 cm³/mol. The van der Waals surface area contributed by atoms with Gasteiger partial charge in [0, 0.05) is 4.90 Å². The molecule has 17 heavy (non-hydrogen) atoms. The Balaban J connectivity index is 2.43. The largest absolute Gasteiger partial charge is 0.459 e. The van der Waals surface area contributed by atoms with Crippen LogP contribution in [0.15, 0.2) is 35.2 Å². The number of benzene rings is 1. The molecule has 0 aliphatic carbocycles. The van der Waals surface area contributed by atoms with E-state index in [1.807, 2.05) is 30.3 Å². The van der Waals surface area contributed by atoms with E-state index in [0.29, 0.717) is 0 Å². The summed E-state index contributed by atoms with van der Waals surface area (Å²) in [5.74, 6) is -0.620. The van der Waals surface area contributed by atoms with Gasteiger partial charge in [0.1, 0.15) is 6.61 Å². The van der Waals surface area contributed by atoms with Gasteiger partial charge in [-0.05, 0) is 12.1 Å². The molecule has 0 bridgehead atoms. The highest BCUT2D eigenvalue weighted by Crippen LogP contribution is 2.27. The van der Waals surface area contributed by atoms with E-state index in [2.05, 4.69) is 0 Å². The smallest absolute Gasteiger partial charge is 0.333 e. The van der Waals surface area contributed by atoms with Crippen molar-refractivity contribution >= 4 is 52.5 Å². The van der Waals surface area contributed by atoms with Crippen molar-refractivity contribution in [3.05, 3.63) is 30.3 Å². The van der Waals surface area contributed by atoms with Gasteiger partial charge < -0.3 is 10.5 Å². The summed E-state index contributed by atoms with van der Waals surface area (Å²) in [5.41, 5.74) is 5.64. The molecule has 2 N–H and O–H groups in total. The summed E-state index contributed by atoms with van der Waals surface area (Å²) >= 11 is 17.5. The molecule has 0 fully saturated rings. The van der Waals surface area contributed by atoms with Gasteiger partial charge in [0.05, 0.1) is 0 Å². The van der Waals surface area contributed by atoms with Crippen LogP contribution in [-0.4, -0.2) is 21.7 Å². The highest BCUT2D eigenvalue weighted by atomic mass is 35.6.